The van der Waals surface area contributed by atoms with Gasteiger partial charge in [0.15, 0.2) is 0 Å². The summed E-state index contributed by atoms with van der Waals surface area (Å²) < 4.78 is 0. The molecule has 0 N–H and O–H groups in total. The van der Waals surface area contributed by atoms with Crippen molar-refractivity contribution < 1.29 is 0 Å². The number of hydrogen-bond donors (Lipinski definition) is 1. The smallest absolute Gasteiger partial charge is 0.00167 e. The molecule has 0 saturated carbocycles. The van der Waals surface area contributed by atoms with Gasteiger partial charge in [0.25, 0.3) is 0 Å². The number of hydrogen-bond acceptors (Lipinski definition) is 1. The van der Waals surface area contributed by atoms with Gasteiger partial charge in [-0.3, -0.25) is 0 Å². The monoisotopic (exact) mass is 174 g/mol. The Morgan fingerprint density at radius 2 is 1.73 bits per heavy atom. The topological polar surface area (TPSA) is 0 Å². The van der Waals surface area contributed by atoms with E-state index in [1.54, 1.807) is 0 Å². The molecule has 1 heteroatoms. The number of thiol groups is 1. The standard InChI is InChI=1S/C10H22S/c1-4-6-8-10(7-5-2)9(3)11/h9-11H,4-8H2,1-3H3. The Balaban J connectivity index is 3.51. The first-order valence-corrected chi connectivity index (χ1v) is 5.42. The average molecular weight is 174 g/mol. The molecule has 68 valence electrons. The largest absolute Gasteiger partial charge is 0.176 e. The van der Waals surface area contributed by atoms with Crippen molar-refractivity contribution in [3.63, 3.8) is 0 Å². The SMILES string of the molecule is CCCCC(CCC)C(C)S. The Hall–Kier alpha value is 0.350. The maximum atomic E-state index is 4.50. The maximum Gasteiger partial charge on any atom is 0.00167 e. The highest BCUT2D eigenvalue weighted by Crippen LogP contribution is 2.21. The maximum absolute atomic E-state index is 4.50. The van der Waals surface area contributed by atoms with E-state index in [0.29, 0.717) is 5.25 Å². The second kappa shape index (κ2) is 7.02. The highest BCUT2D eigenvalue weighted by molar-refractivity contribution is 7.80. The third kappa shape index (κ3) is 5.60. The first-order chi connectivity index (χ1) is 5.22. The molecule has 0 aromatic heterocycles. The molecule has 0 amide bonds. The third-order valence-corrected chi connectivity index (χ3v) is 2.69. The summed E-state index contributed by atoms with van der Waals surface area (Å²) in [6, 6.07) is 0. The zero-order chi connectivity index (χ0) is 8.69. The normalized spacial score (nSPS) is 16.4. The van der Waals surface area contributed by atoms with Gasteiger partial charge in [-0.05, 0) is 18.8 Å². The first kappa shape index (κ1) is 11.4. The van der Waals surface area contributed by atoms with Gasteiger partial charge in [-0.2, -0.15) is 12.6 Å². The van der Waals surface area contributed by atoms with Gasteiger partial charge in [0, 0.05) is 5.25 Å². The van der Waals surface area contributed by atoms with Gasteiger partial charge >= 0.3 is 0 Å². The molecule has 0 aromatic rings. The fourth-order valence-electron chi connectivity index (χ4n) is 1.46. The molecule has 0 rings (SSSR count). The molecular weight excluding hydrogens is 152 g/mol. The lowest BCUT2D eigenvalue weighted by atomic mass is 9.94. The minimum absolute atomic E-state index is 0.585. The predicted molar refractivity (Wildman–Crippen MR) is 56.4 cm³/mol. The van der Waals surface area contributed by atoms with Gasteiger partial charge in [-0.1, -0.05) is 40.0 Å². The van der Waals surface area contributed by atoms with Crippen LogP contribution in [-0.2, 0) is 0 Å². The van der Waals surface area contributed by atoms with Crippen molar-refractivity contribution in [2.24, 2.45) is 5.92 Å². The Morgan fingerprint density at radius 3 is 2.09 bits per heavy atom. The van der Waals surface area contributed by atoms with E-state index in [1.807, 2.05) is 0 Å². The second-order valence-corrected chi connectivity index (χ2v) is 4.25. The van der Waals surface area contributed by atoms with E-state index in [9.17, 15) is 0 Å². The van der Waals surface area contributed by atoms with Crippen molar-refractivity contribution in [2.75, 3.05) is 0 Å². The summed E-state index contributed by atoms with van der Waals surface area (Å²) in [7, 11) is 0. The fraction of sp³-hybridized carbons (Fsp3) is 1.00. The van der Waals surface area contributed by atoms with Gasteiger partial charge in [0.05, 0.1) is 0 Å². The summed E-state index contributed by atoms with van der Waals surface area (Å²) in [6.45, 7) is 6.74. The van der Waals surface area contributed by atoms with E-state index in [4.69, 9.17) is 0 Å². The molecule has 0 aliphatic carbocycles. The Kier molecular flexibility index (Phi) is 7.25. The van der Waals surface area contributed by atoms with Crippen molar-refractivity contribution in [3.05, 3.63) is 0 Å². The van der Waals surface area contributed by atoms with Gasteiger partial charge in [-0.15, -0.1) is 0 Å². The molecule has 0 saturated heterocycles. The molecule has 2 unspecified atom stereocenters. The minimum atomic E-state index is 0.585. The summed E-state index contributed by atoms with van der Waals surface area (Å²) >= 11 is 4.50. The molecule has 0 bridgehead atoms. The number of unbranched alkanes of at least 4 members (excludes halogenated alkanes) is 1. The van der Waals surface area contributed by atoms with E-state index in [1.165, 1.54) is 32.1 Å². The lowest BCUT2D eigenvalue weighted by molar-refractivity contribution is 0.428. The van der Waals surface area contributed by atoms with Crippen LogP contribution in [-0.4, -0.2) is 5.25 Å². The zero-order valence-electron chi connectivity index (χ0n) is 8.14. The van der Waals surface area contributed by atoms with E-state index < -0.39 is 0 Å². The summed E-state index contributed by atoms with van der Waals surface area (Å²) in [4.78, 5) is 0. The predicted octanol–water partition coefficient (Wildman–Crippen LogP) is 3.91. The summed E-state index contributed by atoms with van der Waals surface area (Å²) in [5.41, 5.74) is 0. The van der Waals surface area contributed by atoms with Crippen LogP contribution in [0.2, 0.25) is 0 Å². The van der Waals surface area contributed by atoms with Crippen LogP contribution in [0.5, 0.6) is 0 Å². The van der Waals surface area contributed by atoms with Crippen LogP contribution in [0, 0.1) is 5.92 Å². The highest BCUT2D eigenvalue weighted by atomic mass is 32.1. The first-order valence-electron chi connectivity index (χ1n) is 4.90. The van der Waals surface area contributed by atoms with Crippen molar-refractivity contribution >= 4 is 12.6 Å². The van der Waals surface area contributed by atoms with Crippen LogP contribution in [0.25, 0.3) is 0 Å². The lowest BCUT2D eigenvalue weighted by Crippen LogP contribution is -2.10. The molecule has 2 atom stereocenters. The fourth-order valence-corrected chi connectivity index (χ4v) is 1.76. The minimum Gasteiger partial charge on any atom is -0.176 e. The van der Waals surface area contributed by atoms with E-state index in [0.717, 1.165) is 5.92 Å². The molecule has 0 aromatic carbocycles. The van der Waals surface area contributed by atoms with E-state index in [-0.39, 0.29) is 0 Å². The van der Waals surface area contributed by atoms with E-state index >= 15 is 0 Å². The molecule has 0 radical (unpaired) electrons. The van der Waals surface area contributed by atoms with Gasteiger partial charge < -0.3 is 0 Å². The second-order valence-electron chi connectivity index (χ2n) is 3.43. The van der Waals surface area contributed by atoms with Crippen LogP contribution < -0.4 is 0 Å². The molecule has 0 spiro atoms. The highest BCUT2D eigenvalue weighted by Gasteiger charge is 2.11. The quantitative estimate of drug-likeness (QED) is 0.580. The van der Waals surface area contributed by atoms with Crippen LogP contribution in [0.15, 0.2) is 0 Å². The van der Waals surface area contributed by atoms with Gasteiger partial charge in [0.1, 0.15) is 0 Å². The average Bonchev–Trinajstić information content (AvgIpc) is 1.97. The number of rotatable bonds is 6. The summed E-state index contributed by atoms with van der Waals surface area (Å²) in [6.07, 6.45) is 6.72. The molecule has 0 aliphatic rings. The van der Waals surface area contributed by atoms with E-state index in [2.05, 4.69) is 33.4 Å². The van der Waals surface area contributed by atoms with Crippen LogP contribution in [0.4, 0.5) is 0 Å². The van der Waals surface area contributed by atoms with Crippen LogP contribution in [0.3, 0.4) is 0 Å². The van der Waals surface area contributed by atoms with Crippen molar-refractivity contribution in [1.29, 1.82) is 0 Å². The molecule has 0 nitrogen and oxygen atoms in total. The lowest BCUT2D eigenvalue weighted by Gasteiger charge is -2.18. The van der Waals surface area contributed by atoms with Crippen LogP contribution >= 0.6 is 12.6 Å². The van der Waals surface area contributed by atoms with Crippen molar-refractivity contribution in [1.82, 2.24) is 0 Å². The molecule has 0 fully saturated rings. The van der Waals surface area contributed by atoms with Crippen LogP contribution in [0.1, 0.15) is 52.9 Å². The third-order valence-electron chi connectivity index (χ3n) is 2.27. The van der Waals surface area contributed by atoms with Gasteiger partial charge in [-0.25, -0.2) is 0 Å². The molecule has 11 heavy (non-hydrogen) atoms. The van der Waals surface area contributed by atoms with Crippen molar-refractivity contribution in [3.8, 4) is 0 Å². The van der Waals surface area contributed by atoms with Crippen molar-refractivity contribution in [2.45, 2.75) is 58.1 Å². The molecular formula is C10H22S. The molecule has 0 heterocycles. The Morgan fingerprint density at radius 1 is 1.09 bits per heavy atom. The summed E-state index contributed by atoms with van der Waals surface area (Å²) in [5, 5.41) is 0.585. The Bertz CT molecular complexity index is 78.9. The Labute approximate surface area is 77.2 Å². The molecule has 0 aliphatic heterocycles. The zero-order valence-corrected chi connectivity index (χ0v) is 9.03. The summed E-state index contributed by atoms with van der Waals surface area (Å²) in [5.74, 6) is 0.850. The van der Waals surface area contributed by atoms with Gasteiger partial charge in [0.2, 0.25) is 0 Å².